The summed E-state index contributed by atoms with van der Waals surface area (Å²) in [5.74, 6) is -1.13. The van der Waals surface area contributed by atoms with Crippen LogP contribution in [0.1, 0.15) is 13.3 Å². The molecule has 0 heterocycles. The van der Waals surface area contributed by atoms with Crippen molar-refractivity contribution in [2.75, 3.05) is 11.9 Å². The molecule has 0 aliphatic rings. The molecule has 82 valence electrons. The summed E-state index contributed by atoms with van der Waals surface area (Å²) in [5, 5.41) is 8.64. The second kappa shape index (κ2) is 4.77. The van der Waals surface area contributed by atoms with Gasteiger partial charge < -0.3 is 10.0 Å². The Kier molecular flexibility index (Phi) is 3.66. The van der Waals surface area contributed by atoms with E-state index in [1.54, 1.807) is 19.2 Å². The van der Waals surface area contributed by atoms with Crippen molar-refractivity contribution in [2.45, 2.75) is 19.4 Å². The minimum absolute atomic E-state index is 0.0634. The number of hydrogen-bond acceptors (Lipinski definition) is 2. The molecule has 4 heteroatoms. The first kappa shape index (κ1) is 11.5. The topological polar surface area (TPSA) is 40.5 Å². The number of aliphatic carboxylic acids is 1. The first-order valence-electron chi connectivity index (χ1n) is 4.71. The fourth-order valence-electron chi connectivity index (χ4n) is 1.32. The summed E-state index contributed by atoms with van der Waals surface area (Å²) in [6.45, 7) is 1.82. The SMILES string of the molecule is CC(CC(=O)O)N(C)c1ccc(F)cc1. The Morgan fingerprint density at radius 3 is 2.47 bits per heavy atom. The van der Waals surface area contributed by atoms with Crippen molar-refractivity contribution in [3.63, 3.8) is 0 Å². The Hall–Kier alpha value is -1.58. The van der Waals surface area contributed by atoms with E-state index in [9.17, 15) is 9.18 Å². The third-order valence-corrected chi connectivity index (χ3v) is 2.37. The minimum Gasteiger partial charge on any atom is -0.481 e. The molecule has 3 nitrogen and oxygen atoms in total. The summed E-state index contributed by atoms with van der Waals surface area (Å²) < 4.78 is 12.6. The quantitative estimate of drug-likeness (QED) is 0.829. The Balaban J connectivity index is 2.71. The number of nitrogens with zero attached hydrogens (tertiary/aromatic N) is 1. The highest BCUT2D eigenvalue weighted by atomic mass is 19.1. The van der Waals surface area contributed by atoms with Crippen LogP contribution in [-0.4, -0.2) is 24.2 Å². The number of anilines is 1. The van der Waals surface area contributed by atoms with Gasteiger partial charge >= 0.3 is 5.97 Å². The molecule has 0 saturated carbocycles. The van der Waals surface area contributed by atoms with E-state index < -0.39 is 5.97 Å². The van der Waals surface area contributed by atoms with Gasteiger partial charge in [-0.2, -0.15) is 0 Å². The lowest BCUT2D eigenvalue weighted by atomic mass is 10.2. The fourth-order valence-corrected chi connectivity index (χ4v) is 1.32. The van der Waals surface area contributed by atoms with Crippen LogP contribution in [0.4, 0.5) is 10.1 Å². The predicted octanol–water partition coefficient (Wildman–Crippen LogP) is 2.13. The van der Waals surface area contributed by atoms with Gasteiger partial charge in [0.2, 0.25) is 0 Å². The van der Waals surface area contributed by atoms with E-state index in [0.717, 1.165) is 5.69 Å². The van der Waals surface area contributed by atoms with E-state index in [-0.39, 0.29) is 18.3 Å². The molecule has 0 amide bonds. The summed E-state index contributed by atoms with van der Waals surface area (Å²) >= 11 is 0. The van der Waals surface area contributed by atoms with Crippen LogP contribution in [0.3, 0.4) is 0 Å². The number of carboxylic acid groups (broad SMARTS) is 1. The molecular weight excluding hydrogens is 197 g/mol. The molecule has 0 fully saturated rings. The van der Waals surface area contributed by atoms with Crippen LogP contribution in [0.25, 0.3) is 0 Å². The molecule has 15 heavy (non-hydrogen) atoms. The zero-order valence-corrected chi connectivity index (χ0v) is 8.77. The van der Waals surface area contributed by atoms with Gasteiger partial charge in [0.25, 0.3) is 0 Å². The van der Waals surface area contributed by atoms with Crippen molar-refractivity contribution in [1.82, 2.24) is 0 Å². The lowest BCUT2D eigenvalue weighted by Crippen LogP contribution is -2.30. The van der Waals surface area contributed by atoms with Crippen LogP contribution in [0, 0.1) is 5.82 Å². The van der Waals surface area contributed by atoms with E-state index in [1.807, 2.05) is 11.8 Å². The highest BCUT2D eigenvalue weighted by Crippen LogP contribution is 2.16. The van der Waals surface area contributed by atoms with Crippen molar-refractivity contribution in [3.05, 3.63) is 30.1 Å². The summed E-state index contributed by atoms with van der Waals surface area (Å²) in [6, 6.07) is 5.87. The van der Waals surface area contributed by atoms with Gasteiger partial charge in [-0.1, -0.05) is 0 Å². The van der Waals surface area contributed by atoms with E-state index >= 15 is 0 Å². The van der Waals surface area contributed by atoms with E-state index in [1.165, 1.54) is 12.1 Å². The largest absolute Gasteiger partial charge is 0.481 e. The van der Waals surface area contributed by atoms with Crippen LogP contribution in [0.15, 0.2) is 24.3 Å². The van der Waals surface area contributed by atoms with Crippen molar-refractivity contribution in [3.8, 4) is 0 Å². The smallest absolute Gasteiger partial charge is 0.305 e. The first-order valence-corrected chi connectivity index (χ1v) is 4.71. The molecule has 1 atom stereocenters. The molecule has 0 saturated heterocycles. The molecule has 0 aromatic heterocycles. The Morgan fingerprint density at radius 2 is 2.00 bits per heavy atom. The molecule has 1 aromatic carbocycles. The second-order valence-electron chi connectivity index (χ2n) is 3.53. The van der Waals surface area contributed by atoms with Gasteiger partial charge in [0.1, 0.15) is 5.82 Å². The van der Waals surface area contributed by atoms with Crippen LogP contribution < -0.4 is 4.90 Å². The molecule has 0 radical (unpaired) electrons. The van der Waals surface area contributed by atoms with Gasteiger partial charge in [-0.3, -0.25) is 4.79 Å². The molecule has 1 aromatic rings. The predicted molar refractivity (Wildman–Crippen MR) is 56.5 cm³/mol. The number of carboxylic acids is 1. The molecule has 0 aliphatic carbocycles. The maximum atomic E-state index is 12.6. The molecule has 1 rings (SSSR count). The molecule has 1 N–H and O–H groups in total. The highest BCUT2D eigenvalue weighted by molar-refractivity contribution is 5.68. The monoisotopic (exact) mass is 211 g/mol. The molecular formula is C11H14FNO2. The van der Waals surface area contributed by atoms with Crippen molar-refractivity contribution < 1.29 is 14.3 Å². The highest BCUT2D eigenvalue weighted by Gasteiger charge is 2.13. The maximum Gasteiger partial charge on any atom is 0.305 e. The van der Waals surface area contributed by atoms with Crippen molar-refractivity contribution in [2.24, 2.45) is 0 Å². The maximum absolute atomic E-state index is 12.6. The van der Waals surface area contributed by atoms with E-state index in [0.29, 0.717) is 0 Å². The average molecular weight is 211 g/mol. The summed E-state index contributed by atoms with van der Waals surface area (Å²) in [4.78, 5) is 12.3. The van der Waals surface area contributed by atoms with Gasteiger partial charge in [0.15, 0.2) is 0 Å². The van der Waals surface area contributed by atoms with Crippen LogP contribution in [-0.2, 0) is 4.79 Å². The molecule has 0 aliphatic heterocycles. The molecule has 1 unspecified atom stereocenters. The second-order valence-corrected chi connectivity index (χ2v) is 3.53. The van der Waals surface area contributed by atoms with Crippen molar-refractivity contribution >= 4 is 11.7 Å². The van der Waals surface area contributed by atoms with Gasteiger partial charge in [-0.15, -0.1) is 0 Å². The van der Waals surface area contributed by atoms with E-state index in [2.05, 4.69) is 0 Å². The van der Waals surface area contributed by atoms with Gasteiger partial charge in [0.05, 0.1) is 6.42 Å². The number of carbonyl (C=O) groups is 1. The first-order chi connectivity index (χ1) is 7.00. The third kappa shape index (κ3) is 3.23. The zero-order chi connectivity index (χ0) is 11.4. The van der Waals surface area contributed by atoms with Crippen LogP contribution in [0.5, 0.6) is 0 Å². The minimum atomic E-state index is -0.837. The van der Waals surface area contributed by atoms with Gasteiger partial charge in [-0.25, -0.2) is 4.39 Å². The lowest BCUT2D eigenvalue weighted by molar-refractivity contribution is -0.137. The molecule has 0 bridgehead atoms. The van der Waals surface area contributed by atoms with E-state index in [4.69, 9.17) is 5.11 Å². The van der Waals surface area contributed by atoms with Gasteiger partial charge in [0, 0.05) is 18.8 Å². The normalized spacial score (nSPS) is 12.2. The average Bonchev–Trinajstić information content (AvgIpc) is 2.17. The Bertz CT molecular complexity index is 337. The zero-order valence-electron chi connectivity index (χ0n) is 8.77. The summed E-state index contributed by atoms with van der Waals surface area (Å²) in [5.41, 5.74) is 0.810. The Labute approximate surface area is 88.1 Å². The number of halogens is 1. The standard InChI is InChI=1S/C11H14FNO2/c1-8(7-11(14)15)13(2)10-5-3-9(12)4-6-10/h3-6,8H,7H2,1-2H3,(H,14,15). The lowest BCUT2D eigenvalue weighted by Gasteiger charge is -2.25. The third-order valence-electron chi connectivity index (χ3n) is 2.37. The number of rotatable bonds is 4. The van der Waals surface area contributed by atoms with Crippen LogP contribution in [0.2, 0.25) is 0 Å². The Morgan fingerprint density at radius 1 is 1.47 bits per heavy atom. The molecule has 0 spiro atoms. The van der Waals surface area contributed by atoms with Crippen LogP contribution >= 0.6 is 0 Å². The fraction of sp³-hybridized carbons (Fsp3) is 0.364. The van der Waals surface area contributed by atoms with Gasteiger partial charge in [-0.05, 0) is 31.2 Å². The number of hydrogen-bond donors (Lipinski definition) is 1. The number of benzene rings is 1. The summed E-state index contributed by atoms with van der Waals surface area (Å²) in [6.07, 6.45) is 0.0634. The summed E-state index contributed by atoms with van der Waals surface area (Å²) in [7, 11) is 1.79. The van der Waals surface area contributed by atoms with Crippen molar-refractivity contribution in [1.29, 1.82) is 0 Å².